The molecular formula is C9H17N3O. The first-order valence-electron chi connectivity index (χ1n) is 4.80. The lowest BCUT2D eigenvalue weighted by molar-refractivity contribution is 0.350. The molecule has 0 bridgehead atoms. The molecule has 13 heavy (non-hydrogen) atoms. The molecule has 0 aliphatic carbocycles. The summed E-state index contributed by atoms with van der Waals surface area (Å²) in [5.74, 6) is 1.80. The van der Waals surface area contributed by atoms with Crippen LogP contribution in [0.2, 0.25) is 0 Å². The fraction of sp³-hybridized carbons (Fsp3) is 0.778. The lowest BCUT2D eigenvalue weighted by Crippen LogP contribution is -2.04. The monoisotopic (exact) mass is 183 g/mol. The average Bonchev–Trinajstić information content (AvgIpc) is 2.54. The van der Waals surface area contributed by atoms with E-state index >= 15 is 0 Å². The van der Waals surface area contributed by atoms with Crippen molar-refractivity contribution in [2.24, 2.45) is 5.73 Å². The molecule has 1 rings (SSSR count). The highest BCUT2D eigenvalue weighted by atomic mass is 16.5. The van der Waals surface area contributed by atoms with Crippen LogP contribution in [0, 0.1) is 0 Å². The van der Waals surface area contributed by atoms with Crippen LogP contribution in [-0.4, -0.2) is 16.7 Å². The Balaban J connectivity index is 2.56. The van der Waals surface area contributed by atoms with Crippen LogP contribution in [-0.2, 0) is 6.42 Å². The number of hydrogen-bond acceptors (Lipinski definition) is 4. The van der Waals surface area contributed by atoms with Gasteiger partial charge in [0.2, 0.25) is 5.89 Å². The van der Waals surface area contributed by atoms with Gasteiger partial charge in [0.25, 0.3) is 0 Å². The van der Waals surface area contributed by atoms with E-state index in [-0.39, 0.29) is 5.92 Å². The highest BCUT2D eigenvalue weighted by Gasteiger charge is 2.12. The maximum Gasteiger partial charge on any atom is 0.229 e. The first kappa shape index (κ1) is 10.2. The van der Waals surface area contributed by atoms with Crippen LogP contribution >= 0.6 is 0 Å². The first-order chi connectivity index (χ1) is 6.27. The third-order valence-electron chi connectivity index (χ3n) is 1.98. The summed E-state index contributed by atoms with van der Waals surface area (Å²) in [6, 6.07) is 0. The van der Waals surface area contributed by atoms with Gasteiger partial charge >= 0.3 is 0 Å². The zero-order chi connectivity index (χ0) is 9.68. The molecular weight excluding hydrogens is 166 g/mol. The molecule has 0 radical (unpaired) electrons. The van der Waals surface area contributed by atoms with Gasteiger partial charge in [0.1, 0.15) is 0 Å². The minimum absolute atomic E-state index is 0.281. The Morgan fingerprint density at radius 3 is 2.92 bits per heavy atom. The van der Waals surface area contributed by atoms with Gasteiger partial charge in [0.15, 0.2) is 5.82 Å². The van der Waals surface area contributed by atoms with Gasteiger partial charge in [-0.15, -0.1) is 0 Å². The molecule has 0 aliphatic rings. The Bertz CT molecular complexity index is 247. The van der Waals surface area contributed by atoms with Crippen LogP contribution in [0.5, 0.6) is 0 Å². The zero-order valence-corrected chi connectivity index (χ0v) is 8.29. The molecule has 0 fully saturated rings. The highest BCUT2D eigenvalue weighted by molar-refractivity contribution is 4.92. The largest absolute Gasteiger partial charge is 0.339 e. The van der Waals surface area contributed by atoms with Gasteiger partial charge in [-0.1, -0.05) is 19.0 Å². The number of nitrogens with zero attached hydrogens (tertiary/aromatic N) is 2. The Morgan fingerprint density at radius 1 is 1.54 bits per heavy atom. The summed E-state index contributed by atoms with van der Waals surface area (Å²) >= 11 is 0. The molecule has 4 heteroatoms. The molecule has 0 amide bonds. The van der Waals surface area contributed by atoms with E-state index in [0.29, 0.717) is 12.4 Å². The van der Waals surface area contributed by atoms with Crippen LogP contribution in [0.15, 0.2) is 4.52 Å². The summed E-state index contributed by atoms with van der Waals surface area (Å²) in [6.07, 6.45) is 2.83. The topological polar surface area (TPSA) is 64.9 Å². The highest BCUT2D eigenvalue weighted by Crippen LogP contribution is 2.15. The van der Waals surface area contributed by atoms with E-state index in [4.69, 9.17) is 10.3 Å². The lowest BCUT2D eigenvalue weighted by Gasteiger charge is -2.01. The van der Waals surface area contributed by atoms with Crippen molar-refractivity contribution >= 4 is 0 Å². The SMILES string of the molecule is CCCc1noc(C(C)CCN)n1. The van der Waals surface area contributed by atoms with Gasteiger partial charge in [-0.3, -0.25) is 0 Å². The van der Waals surface area contributed by atoms with Crippen molar-refractivity contribution in [1.82, 2.24) is 10.1 Å². The smallest absolute Gasteiger partial charge is 0.229 e. The Labute approximate surface area is 78.5 Å². The van der Waals surface area contributed by atoms with Crippen molar-refractivity contribution in [1.29, 1.82) is 0 Å². The van der Waals surface area contributed by atoms with E-state index < -0.39 is 0 Å². The van der Waals surface area contributed by atoms with Gasteiger partial charge in [0, 0.05) is 12.3 Å². The van der Waals surface area contributed by atoms with Crippen LogP contribution < -0.4 is 5.73 Å². The predicted octanol–water partition coefficient (Wildman–Crippen LogP) is 1.47. The Hall–Kier alpha value is -0.900. The average molecular weight is 183 g/mol. The summed E-state index contributed by atoms with van der Waals surface area (Å²) in [5.41, 5.74) is 5.44. The molecule has 0 aromatic carbocycles. The summed E-state index contributed by atoms with van der Waals surface area (Å²) < 4.78 is 5.11. The lowest BCUT2D eigenvalue weighted by atomic mass is 10.1. The number of rotatable bonds is 5. The molecule has 1 aromatic rings. The second-order valence-electron chi connectivity index (χ2n) is 3.28. The van der Waals surface area contributed by atoms with Crippen molar-refractivity contribution in [3.05, 3.63) is 11.7 Å². The molecule has 0 saturated carbocycles. The summed E-state index contributed by atoms with van der Waals surface area (Å²) in [4.78, 5) is 4.29. The quantitative estimate of drug-likeness (QED) is 0.750. The van der Waals surface area contributed by atoms with E-state index in [1.165, 1.54) is 0 Å². The number of hydrogen-bond donors (Lipinski definition) is 1. The van der Waals surface area contributed by atoms with E-state index in [1.54, 1.807) is 0 Å². The van der Waals surface area contributed by atoms with Crippen LogP contribution in [0.4, 0.5) is 0 Å². The van der Waals surface area contributed by atoms with Crippen LogP contribution in [0.25, 0.3) is 0 Å². The zero-order valence-electron chi connectivity index (χ0n) is 8.29. The molecule has 0 spiro atoms. The Morgan fingerprint density at radius 2 is 2.31 bits per heavy atom. The van der Waals surface area contributed by atoms with Crippen LogP contribution in [0.3, 0.4) is 0 Å². The third kappa shape index (κ3) is 2.81. The second kappa shape index (κ2) is 4.97. The normalized spacial score (nSPS) is 13.2. The summed E-state index contributed by atoms with van der Waals surface area (Å²) in [6.45, 7) is 4.81. The molecule has 1 aromatic heterocycles. The van der Waals surface area contributed by atoms with Gasteiger partial charge in [-0.05, 0) is 19.4 Å². The van der Waals surface area contributed by atoms with Gasteiger partial charge in [0.05, 0.1) is 0 Å². The van der Waals surface area contributed by atoms with Gasteiger partial charge in [-0.25, -0.2) is 0 Å². The standard InChI is InChI=1S/C9H17N3O/c1-3-4-8-11-9(13-12-8)7(2)5-6-10/h7H,3-6,10H2,1-2H3. The molecule has 1 atom stereocenters. The Kier molecular flexibility index (Phi) is 3.89. The van der Waals surface area contributed by atoms with Crippen molar-refractivity contribution in [3.8, 4) is 0 Å². The molecule has 1 unspecified atom stereocenters. The van der Waals surface area contributed by atoms with Gasteiger partial charge < -0.3 is 10.3 Å². The fourth-order valence-corrected chi connectivity index (χ4v) is 1.17. The molecule has 0 saturated heterocycles. The molecule has 0 aliphatic heterocycles. The van der Waals surface area contributed by atoms with E-state index in [9.17, 15) is 0 Å². The van der Waals surface area contributed by atoms with Crippen LogP contribution in [0.1, 0.15) is 44.3 Å². The molecule has 74 valence electrons. The van der Waals surface area contributed by atoms with E-state index in [2.05, 4.69) is 24.0 Å². The second-order valence-corrected chi connectivity index (χ2v) is 3.28. The van der Waals surface area contributed by atoms with Crippen molar-refractivity contribution in [3.63, 3.8) is 0 Å². The minimum Gasteiger partial charge on any atom is -0.339 e. The van der Waals surface area contributed by atoms with Crippen molar-refractivity contribution < 1.29 is 4.52 Å². The molecule has 4 nitrogen and oxygen atoms in total. The number of aromatic nitrogens is 2. The van der Waals surface area contributed by atoms with E-state index in [0.717, 1.165) is 25.1 Å². The minimum atomic E-state index is 0.281. The summed E-state index contributed by atoms with van der Waals surface area (Å²) in [7, 11) is 0. The first-order valence-corrected chi connectivity index (χ1v) is 4.80. The number of nitrogens with two attached hydrogens (primary N) is 1. The molecule has 2 N–H and O–H groups in total. The van der Waals surface area contributed by atoms with E-state index in [1.807, 2.05) is 0 Å². The number of aryl methyl sites for hydroxylation is 1. The fourth-order valence-electron chi connectivity index (χ4n) is 1.17. The maximum atomic E-state index is 5.44. The summed E-state index contributed by atoms with van der Waals surface area (Å²) in [5, 5.41) is 3.88. The van der Waals surface area contributed by atoms with Crippen molar-refractivity contribution in [2.45, 2.75) is 39.0 Å². The van der Waals surface area contributed by atoms with Crippen molar-refractivity contribution in [2.75, 3.05) is 6.54 Å². The molecule has 1 heterocycles. The predicted molar refractivity (Wildman–Crippen MR) is 50.4 cm³/mol. The van der Waals surface area contributed by atoms with Gasteiger partial charge in [-0.2, -0.15) is 4.98 Å². The maximum absolute atomic E-state index is 5.44. The third-order valence-corrected chi connectivity index (χ3v) is 1.98.